The Kier molecular flexibility index (Phi) is 9.13. The van der Waals surface area contributed by atoms with Gasteiger partial charge in [0.15, 0.2) is 0 Å². The number of hydrogen-bond acceptors (Lipinski definition) is 3. The number of carbonyl (C=O) groups is 1. The zero-order chi connectivity index (χ0) is 14.9. The van der Waals surface area contributed by atoms with Gasteiger partial charge in [-0.3, -0.25) is 4.79 Å². The molecule has 1 aromatic carbocycles. The highest BCUT2D eigenvalue weighted by atomic mass is 35.5. The minimum atomic E-state index is -0.0313. The molecule has 1 aliphatic carbocycles. The van der Waals surface area contributed by atoms with Crippen molar-refractivity contribution in [2.45, 2.75) is 51.2 Å². The van der Waals surface area contributed by atoms with E-state index in [1.165, 1.54) is 32.1 Å². The normalized spacial score (nSPS) is 15.1. The summed E-state index contributed by atoms with van der Waals surface area (Å²) >= 11 is 0. The Morgan fingerprint density at radius 1 is 1.18 bits per heavy atom. The Morgan fingerprint density at radius 3 is 2.50 bits per heavy atom. The summed E-state index contributed by atoms with van der Waals surface area (Å²) < 4.78 is 5.84. The van der Waals surface area contributed by atoms with Gasteiger partial charge in [-0.2, -0.15) is 0 Å². The molecule has 4 nitrogen and oxygen atoms in total. The fourth-order valence-corrected chi connectivity index (χ4v) is 2.65. The number of halogens is 1. The second-order valence-electron chi connectivity index (χ2n) is 5.64. The molecule has 1 aromatic rings. The van der Waals surface area contributed by atoms with Crippen LogP contribution in [0, 0.1) is 0 Å². The first-order valence-corrected chi connectivity index (χ1v) is 7.98. The standard InChI is InChI=1S/C17H26N2O2.ClH/c18-13-14-7-9-15(10-8-14)17(20)19-11-4-12-21-16-5-2-1-3-6-16;/h7-10,16H,1-6,11-13,18H2,(H,19,20);1H. The van der Waals surface area contributed by atoms with Crippen molar-refractivity contribution < 1.29 is 9.53 Å². The average molecular weight is 327 g/mol. The van der Waals surface area contributed by atoms with Crippen LogP contribution < -0.4 is 11.1 Å². The number of hydrogen-bond donors (Lipinski definition) is 2. The Balaban J connectivity index is 0.00000242. The zero-order valence-electron chi connectivity index (χ0n) is 13.1. The van der Waals surface area contributed by atoms with Gasteiger partial charge in [-0.15, -0.1) is 12.4 Å². The van der Waals surface area contributed by atoms with Crippen molar-refractivity contribution in [2.75, 3.05) is 13.2 Å². The third-order valence-corrected chi connectivity index (χ3v) is 3.96. The van der Waals surface area contributed by atoms with E-state index in [4.69, 9.17) is 10.5 Å². The fraction of sp³-hybridized carbons (Fsp3) is 0.588. The van der Waals surface area contributed by atoms with Crippen molar-refractivity contribution in [2.24, 2.45) is 5.73 Å². The highest BCUT2D eigenvalue weighted by Crippen LogP contribution is 2.20. The summed E-state index contributed by atoms with van der Waals surface area (Å²) in [5.41, 5.74) is 7.25. The molecule has 0 saturated heterocycles. The minimum Gasteiger partial charge on any atom is -0.378 e. The monoisotopic (exact) mass is 326 g/mol. The third-order valence-electron chi connectivity index (χ3n) is 3.96. The molecule has 1 fully saturated rings. The van der Waals surface area contributed by atoms with Gasteiger partial charge in [0.05, 0.1) is 6.10 Å². The van der Waals surface area contributed by atoms with E-state index in [2.05, 4.69) is 5.32 Å². The van der Waals surface area contributed by atoms with E-state index in [-0.39, 0.29) is 18.3 Å². The van der Waals surface area contributed by atoms with Crippen molar-refractivity contribution in [3.8, 4) is 0 Å². The van der Waals surface area contributed by atoms with Crippen molar-refractivity contribution in [1.29, 1.82) is 0 Å². The largest absolute Gasteiger partial charge is 0.378 e. The van der Waals surface area contributed by atoms with E-state index in [0.29, 0.717) is 24.8 Å². The fourth-order valence-electron chi connectivity index (χ4n) is 2.65. The Labute approximate surface area is 139 Å². The molecule has 1 aliphatic rings. The lowest BCUT2D eigenvalue weighted by molar-refractivity contribution is 0.0273. The summed E-state index contributed by atoms with van der Waals surface area (Å²) in [7, 11) is 0. The zero-order valence-corrected chi connectivity index (χ0v) is 13.9. The van der Waals surface area contributed by atoms with Gasteiger partial charge in [0.25, 0.3) is 5.91 Å². The maximum Gasteiger partial charge on any atom is 0.251 e. The molecule has 1 amide bonds. The molecule has 124 valence electrons. The van der Waals surface area contributed by atoms with E-state index in [1.807, 2.05) is 24.3 Å². The number of amides is 1. The molecule has 5 heteroatoms. The van der Waals surface area contributed by atoms with Crippen LogP contribution in [-0.2, 0) is 11.3 Å². The van der Waals surface area contributed by atoms with E-state index in [0.717, 1.165) is 18.6 Å². The number of rotatable bonds is 7. The van der Waals surface area contributed by atoms with Gasteiger partial charge in [-0.1, -0.05) is 31.4 Å². The van der Waals surface area contributed by atoms with E-state index < -0.39 is 0 Å². The van der Waals surface area contributed by atoms with Gasteiger partial charge in [-0.25, -0.2) is 0 Å². The SMILES string of the molecule is Cl.NCc1ccc(C(=O)NCCCOC2CCCCC2)cc1. The average Bonchev–Trinajstić information content (AvgIpc) is 2.55. The molecule has 2 rings (SSSR count). The summed E-state index contributed by atoms with van der Waals surface area (Å²) in [6.07, 6.45) is 7.63. The minimum absolute atomic E-state index is 0. The molecule has 0 bridgehead atoms. The van der Waals surface area contributed by atoms with E-state index >= 15 is 0 Å². The number of benzene rings is 1. The summed E-state index contributed by atoms with van der Waals surface area (Å²) in [4.78, 5) is 11.9. The van der Waals surface area contributed by atoms with Gasteiger partial charge >= 0.3 is 0 Å². The summed E-state index contributed by atoms with van der Waals surface area (Å²) in [6, 6.07) is 7.41. The predicted octanol–water partition coefficient (Wildman–Crippen LogP) is 3.04. The summed E-state index contributed by atoms with van der Waals surface area (Å²) in [5.74, 6) is -0.0313. The first-order valence-electron chi connectivity index (χ1n) is 7.98. The first kappa shape index (κ1) is 18.9. The maximum absolute atomic E-state index is 11.9. The molecular weight excluding hydrogens is 300 g/mol. The Morgan fingerprint density at radius 2 is 1.86 bits per heavy atom. The summed E-state index contributed by atoms with van der Waals surface area (Å²) in [6.45, 7) is 1.89. The predicted molar refractivity (Wildman–Crippen MR) is 91.4 cm³/mol. The highest BCUT2D eigenvalue weighted by Gasteiger charge is 2.13. The molecule has 0 unspecified atom stereocenters. The van der Waals surface area contributed by atoms with E-state index in [9.17, 15) is 4.79 Å². The molecule has 0 radical (unpaired) electrons. The number of nitrogens with one attached hydrogen (secondary N) is 1. The molecule has 22 heavy (non-hydrogen) atoms. The molecule has 0 atom stereocenters. The van der Waals surface area contributed by atoms with Crippen molar-refractivity contribution in [3.63, 3.8) is 0 Å². The Hall–Kier alpha value is -1.10. The van der Waals surface area contributed by atoms with Crippen LogP contribution in [0.5, 0.6) is 0 Å². The lowest BCUT2D eigenvalue weighted by Gasteiger charge is -2.21. The van der Waals surface area contributed by atoms with Crippen LogP contribution >= 0.6 is 12.4 Å². The highest BCUT2D eigenvalue weighted by molar-refractivity contribution is 5.94. The van der Waals surface area contributed by atoms with Crippen molar-refractivity contribution >= 4 is 18.3 Å². The van der Waals surface area contributed by atoms with Gasteiger partial charge in [0.1, 0.15) is 0 Å². The lowest BCUT2D eigenvalue weighted by atomic mass is 9.98. The second-order valence-corrected chi connectivity index (χ2v) is 5.64. The third kappa shape index (κ3) is 6.34. The van der Waals surface area contributed by atoms with Crippen LogP contribution in [-0.4, -0.2) is 25.2 Å². The Bertz CT molecular complexity index is 431. The lowest BCUT2D eigenvalue weighted by Crippen LogP contribution is -2.26. The first-order chi connectivity index (χ1) is 10.3. The summed E-state index contributed by atoms with van der Waals surface area (Å²) in [5, 5.41) is 2.92. The number of carbonyl (C=O) groups excluding carboxylic acids is 1. The van der Waals surface area contributed by atoms with Gasteiger partial charge in [0, 0.05) is 25.3 Å². The molecule has 0 aliphatic heterocycles. The van der Waals surface area contributed by atoms with E-state index in [1.54, 1.807) is 0 Å². The molecule has 0 spiro atoms. The number of nitrogens with two attached hydrogens (primary N) is 1. The van der Waals surface area contributed by atoms with Gasteiger partial charge in [-0.05, 0) is 37.0 Å². The van der Waals surface area contributed by atoms with Crippen LogP contribution in [0.4, 0.5) is 0 Å². The molecular formula is C17H27ClN2O2. The molecule has 0 aromatic heterocycles. The molecule has 0 heterocycles. The topological polar surface area (TPSA) is 64.4 Å². The van der Waals surface area contributed by atoms with Crippen molar-refractivity contribution in [1.82, 2.24) is 5.32 Å². The second kappa shape index (κ2) is 10.6. The maximum atomic E-state index is 11.9. The number of ether oxygens (including phenoxy) is 1. The quantitative estimate of drug-likeness (QED) is 0.757. The van der Waals surface area contributed by atoms with Crippen LogP contribution in [0.2, 0.25) is 0 Å². The van der Waals surface area contributed by atoms with Crippen LogP contribution in [0.3, 0.4) is 0 Å². The molecule has 3 N–H and O–H groups in total. The van der Waals surface area contributed by atoms with Crippen LogP contribution in [0.15, 0.2) is 24.3 Å². The van der Waals surface area contributed by atoms with Crippen LogP contribution in [0.1, 0.15) is 54.4 Å². The van der Waals surface area contributed by atoms with Crippen molar-refractivity contribution in [3.05, 3.63) is 35.4 Å². The van der Waals surface area contributed by atoms with Crippen LogP contribution in [0.25, 0.3) is 0 Å². The molecule has 1 saturated carbocycles. The van der Waals surface area contributed by atoms with Gasteiger partial charge < -0.3 is 15.8 Å². The van der Waals surface area contributed by atoms with Gasteiger partial charge in [0.2, 0.25) is 0 Å². The smallest absolute Gasteiger partial charge is 0.251 e.